The minimum Gasteiger partial charge on any atom is -0.445 e. The Kier molecular flexibility index (Phi) is 6.77. The molecule has 2 aliphatic rings. The lowest BCUT2D eigenvalue weighted by molar-refractivity contribution is 0.0400. The third-order valence-electron chi connectivity index (χ3n) is 6.82. The number of ether oxygens (including phenoxy) is 1. The summed E-state index contributed by atoms with van der Waals surface area (Å²) in [6.45, 7) is 3.36. The van der Waals surface area contributed by atoms with Gasteiger partial charge < -0.3 is 14.5 Å². The molecular formula is C24H25F3N6O3. The summed E-state index contributed by atoms with van der Waals surface area (Å²) < 4.78 is 44.9. The van der Waals surface area contributed by atoms with Crippen molar-refractivity contribution in [3.8, 4) is 0 Å². The molecule has 1 N–H and O–H groups in total. The Bertz CT molecular complexity index is 1250. The maximum atomic E-state index is 13.3. The van der Waals surface area contributed by atoms with Crippen LogP contribution in [-0.2, 0) is 11.3 Å². The van der Waals surface area contributed by atoms with Crippen LogP contribution >= 0.6 is 0 Å². The molecule has 2 saturated heterocycles. The molecule has 1 aromatic heterocycles. The summed E-state index contributed by atoms with van der Waals surface area (Å²) in [4.78, 5) is 31.0. The molecule has 3 aromatic rings. The van der Waals surface area contributed by atoms with E-state index in [1.165, 1.54) is 0 Å². The number of H-pyrrole nitrogens is 1. The minimum absolute atomic E-state index is 0.0296. The number of piperazine rings is 1. The molecule has 0 bridgehead atoms. The van der Waals surface area contributed by atoms with Gasteiger partial charge in [-0.3, -0.25) is 14.8 Å². The van der Waals surface area contributed by atoms with E-state index in [1.807, 2.05) is 4.90 Å². The number of nitrogens with one attached hydrogen (secondary N) is 1. The number of rotatable bonds is 4. The van der Waals surface area contributed by atoms with E-state index in [0.29, 0.717) is 37.3 Å². The Balaban J connectivity index is 1.07. The van der Waals surface area contributed by atoms with Crippen molar-refractivity contribution in [1.29, 1.82) is 0 Å². The van der Waals surface area contributed by atoms with E-state index in [9.17, 15) is 22.8 Å². The van der Waals surface area contributed by atoms with Crippen LogP contribution in [0.3, 0.4) is 0 Å². The fraction of sp³-hybridized carbons (Fsp3) is 0.417. The highest BCUT2D eigenvalue weighted by Gasteiger charge is 2.31. The van der Waals surface area contributed by atoms with Crippen molar-refractivity contribution in [2.24, 2.45) is 0 Å². The number of fused-ring (bicyclic) bond motifs is 1. The lowest BCUT2D eigenvalue weighted by Crippen LogP contribution is -2.54. The van der Waals surface area contributed by atoms with Crippen LogP contribution < -0.4 is 0 Å². The van der Waals surface area contributed by atoms with Gasteiger partial charge in [0.25, 0.3) is 5.91 Å². The summed E-state index contributed by atoms with van der Waals surface area (Å²) >= 11 is 0. The van der Waals surface area contributed by atoms with Gasteiger partial charge in [-0.2, -0.15) is 0 Å². The van der Waals surface area contributed by atoms with Crippen molar-refractivity contribution in [1.82, 2.24) is 30.1 Å². The van der Waals surface area contributed by atoms with Crippen LogP contribution in [0.5, 0.6) is 0 Å². The molecule has 0 atom stereocenters. The number of carbonyl (C=O) groups excluding carboxylic acids is 2. The lowest BCUT2D eigenvalue weighted by atomic mass is 10.0. The van der Waals surface area contributed by atoms with E-state index in [1.54, 1.807) is 23.1 Å². The largest absolute Gasteiger partial charge is 0.445 e. The van der Waals surface area contributed by atoms with Gasteiger partial charge in [-0.15, -0.1) is 5.10 Å². The monoisotopic (exact) mass is 502 g/mol. The zero-order valence-corrected chi connectivity index (χ0v) is 19.4. The molecule has 2 aliphatic heterocycles. The van der Waals surface area contributed by atoms with Gasteiger partial charge in [-0.1, -0.05) is 5.21 Å². The molecule has 190 valence electrons. The number of amides is 2. The number of likely N-dealkylation sites (tertiary alicyclic amines) is 1. The number of hydrogen-bond donors (Lipinski definition) is 1. The quantitative estimate of drug-likeness (QED) is 0.552. The number of nitrogens with zero attached hydrogens (tertiary/aromatic N) is 5. The summed E-state index contributed by atoms with van der Waals surface area (Å²) in [7, 11) is 0. The molecule has 9 nitrogen and oxygen atoms in total. The summed E-state index contributed by atoms with van der Waals surface area (Å²) in [5, 5.41) is 10.5. The molecular weight excluding hydrogens is 477 g/mol. The maximum Gasteiger partial charge on any atom is 0.410 e. The molecule has 2 fully saturated rings. The van der Waals surface area contributed by atoms with Crippen molar-refractivity contribution in [2.75, 3.05) is 39.3 Å². The van der Waals surface area contributed by atoms with Crippen molar-refractivity contribution < 1.29 is 27.5 Å². The third kappa shape index (κ3) is 4.99. The van der Waals surface area contributed by atoms with Gasteiger partial charge >= 0.3 is 6.09 Å². The average molecular weight is 502 g/mol. The molecule has 0 spiro atoms. The van der Waals surface area contributed by atoms with Gasteiger partial charge in [0, 0.05) is 50.9 Å². The van der Waals surface area contributed by atoms with E-state index in [-0.39, 0.29) is 24.1 Å². The van der Waals surface area contributed by atoms with Crippen molar-refractivity contribution in [3.05, 3.63) is 58.9 Å². The number of halogens is 3. The Morgan fingerprint density at radius 3 is 2.33 bits per heavy atom. The highest BCUT2D eigenvalue weighted by atomic mass is 19.2. The van der Waals surface area contributed by atoms with Crippen LogP contribution in [0.25, 0.3) is 11.0 Å². The fourth-order valence-electron chi connectivity index (χ4n) is 4.79. The topological polar surface area (TPSA) is 94.7 Å². The number of benzene rings is 2. The second-order valence-electron chi connectivity index (χ2n) is 9.02. The summed E-state index contributed by atoms with van der Waals surface area (Å²) in [5.41, 5.74) is 2.07. The highest BCUT2D eigenvalue weighted by molar-refractivity contribution is 5.97. The Labute approximate surface area is 204 Å². The predicted octanol–water partition coefficient (Wildman–Crippen LogP) is 2.93. The first-order valence-corrected chi connectivity index (χ1v) is 11.8. The third-order valence-corrected chi connectivity index (χ3v) is 6.82. The lowest BCUT2D eigenvalue weighted by Gasteiger charge is -2.42. The second-order valence-corrected chi connectivity index (χ2v) is 9.02. The van der Waals surface area contributed by atoms with Gasteiger partial charge in [0.2, 0.25) is 0 Å². The number of aromatic amines is 1. The Morgan fingerprint density at radius 1 is 0.944 bits per heavy atom. The normalized spacial score (nSPS) is 17.5. The van der Waals surface area contributed by atoms with Gasteiger partial charge in [0.1, 0.15) is 12.1 Å². The van der Waals surface area contributed by atoms with E-state index in [4.69, 9.17) is 4.74 Å². The molecule has 5 rings (SSSR count). The molecule has 36 heavy (non-hydrogen) atoms. The van der Waals surface area contributed by atoms with Crippen LogP contribution in [0.2, 0.25) is 0 Å². The average Bonchev–Trinajstić information content (AvgIpc) is 3.38. The van der Waals surface area contributed by atoms with Crippen LogP contribution in [0, 0.1) is 17.5 Å². The van der Waals surface area contributed by atoms with Crippen LogP contribution in [0.15, 0.2) is 30.3 Å². The molecule has 3 heterocycles. The van der Waals surface area contributed by atoms with E-state index < -0.39 is 23.5 Å². The fourth-order valence-corrected chi connectivity index (χ4v) is 4.79. The first-order chi connectivity index (χ1) is 17.4. The molecule has 2 amide bonds. The molecule has 0 radical (unpaired) electrons. The summed E-state index contributed by atoms with van der Waals surface area (Å²) in [6.07, 6.45) is 0.940. The van der Waals surface area contributed by atoms with E-state index in [2.05, 4.69) is 20.3 Å². The smallest absolute Gasteiger partial charge is 0.410 e. The van der Waals surface area contributed by atoms with Crippen molar-refractivity contribution >= 4 is 23.0 Å². The summed E-state index contributed by atoms with van der Waals surface area (Å²) in [6, 6.07) is 7.23. The highest BCUT2D eigenvalue weighted by Crippen LogP contribution is 2.21. The van der Waals surface area contributed by atoms with Crippen LogP contribution in [0.1, 0.15) is 28.8 Å². The van der Waals surface area contributed by atoms with Crippen molar-refractivity contribution in [2.45, 2.75) is 25.5 Å². The van der Waals surface area contributed by atoms with Gasteiger partial charge in [-0.25, -0.2) is 18.0 Å². The minimum atomic E-state index is -1.55. The molecule has 0 saturated carbocycles. The van der Waals surface area contributed by atoms with E-state index in [0.717, 1.165) is 43.6 Å². The summed E-state index contributed by atoms with van der Waals surface area (Å²) in [5.74, 6) is -4.22. The first-order valence-electron chi connectivity index (χ1n) is 11.8. The number of carbonyl (C=O) groups is 2. The van der Waals surface area contributed by atoms with Crippen LogP contribution in [-0.4, -0.2) is 87.4 Å². The predicted molar refractivity (Wildman–Crippen MR) is 122 cm³/mol. The molecule has 0 aliphatic carbocycles. The number of hydrogen-bond acceptors (Lipinski definition) is 6. The Morgan fingerprint density at radius 2 is 1.64 bits per heavy atom. The second kappa shape index (κ2) is 10.1. The van der Waals surface area contributed by atoms with Crippen molar-refractivity contribution in [3.63, 3.8) is 0 Å². The maximum absolute atomic E-state index is 13.3. The Hall–Kier alpha value is -3.67. The standard InChI is InChI=1S/C24H25F3N6O3/c25-18-11-15(12-19(26)22(18)27)14-36-24(35)33-5-3-17(4-6-33)31-7-9-32(10-8-31)23(34)16-1-2-20-21(13-16)29-30-28-20/h1-2,11-13,17H,3-10,14H2,(H,28,29,30). The zero-order valence-electron chi connectivity index (χ0n) is 19.4. The molecule has 2 aromatic carbocycles. The number of piperidine rings is 1. The zero-order chi connectivity index (χ0) is 25.2. The molecule has 0 unspecified atom stereocenters. The van der Waals surface area contributed by atoms with Gasteiger partial charge in [-0.05, 0) is 48.7 Å². The number of aromatic nitrogens is 3. The van der Waals surface area contributed by atoms with Gasteiger partial charge in [0.15, 0.2) is 17.5 Å². The SMILES string of the molecule is O=C(OCc1cc(F)c(F)c(F)c1)N1CCC(N2CCN(C(=O)c3ccc4[nH]nnc4c3)CC2)CC1. The van der Waals surface area contributed by atoms with Crippen LogP contribution in [0.4, 0.5) is 18.0 Å². The van der Waals surface area contributed by atoms with E-state index >= 15 is 0 Å². The molecule has 12 heteroatoms. The van der Waals surface area contributed by atoms with Gasteiger partial charge in [0.05, 0.1) is 5.52 Å². The first kappa shape index (κ1) is 24.0.